The molecule has 1 amide bonds. The summed E-state index contributed by atoms with van der Waals surface area (Å²) in [7, 11) is 0. The van der Waals surface area contributed by atoms with E-state index in [0.717, 1.165) is 12.6 Å². The number of amides is 1. The fraction of sp³-hybridized carbons (Fsp3) is 0.789. The second-order valence-corrected chi connectivity index (χ2v) is 7.49. The van der Waals surface area contributed by atoms with Crippen molar-refractivity contribution in [1.29, 1.82) is 0 Å². The molecule has 1 aromatic heterocycles. The number of aromatic amines is 1. The molecule has 1 aromatic rings. The minimum atomic E-state index is -4.71. The molecule has 3 N–H and O–H groups in total. The van der Waals surface area contributed by atoms with Crippen molar-refractivity contribution >= 4 is 5.91 Å². The monoisotopic (exact) mass is 406 g/mol. The summed E-state index contributed by atoms with van der Waals surface area (Å²) >= 11 is 0. The Morgan fingerprint density at radius 2 is 1.93 bits per heavy atom. The number of aliphatic hydroxyl groups is 1. The lowest BCUT2D eigenvalue weighted by Gasteiger charge is -2.44. The second kappa shape index (κ2) is 8.82. The van der Waals surface area contributed by atoms with Crippen LogP contribution in [0.5, 0.6) is 0 Å². The van der Waals surface area contributed by atoms with Crippen molar-refractivity contribution in [3.8, 4) is 0 Å². The third kappa shape index (κ3) is 4.35. The zero-order valence-electron chi connectivity index (χ0n) is 16.4. The van der Waals surface area contributed by atoms with Gasteiger partial charge < -0.3 is 15.3 Å². The van der Waals surface area contributed by atoms with Crippen LogP contribution in [0, 0.1) is 24.7 Å². The molecule has 0 spiro atoms. The molecule has 3 heterocycles. The SMILES string of the molecule is C.CC.Cc1cc(C(=O)N2CC3CN[C@H]([C@@](C)(O)C(F)(F)F)[C@@H]3[C@@H](C)C2)n[nH]1. The number of rotatable bonds is 2. The number of alkyl halides is 3. The third-order valence-electron chi connectivity index (χ3n) is 5.54. The Morgan fingerprint density at radius 1 is 1.32 bits per heavy atom. The van der Waals surface area contributed by atoms with Crippen LogP contribution in [0.4, 0.5) is 13.2 Å². The zero-order chi connectivity index (χ0) is 20.6. The Balaban J connectivity index is 0.00000127. The molecule has 6 nitrogen and oxygen atoms in total. The van der Waals surface area contributed by atoms with Gasteiger partial charge in [0, 0.05) is 31.4 Å². The van der Waals surface area contributed by atoms with Crippen LogP contribution in [0.2, 0.25) is 0 Å². The quantitative estimate of drug-likeness (QED) is 0.705. The molecular formula is C19H33F3N4O2. The molecule has 162 valence electrons. The molecule has 28 heavy (non-hydrogen) atoms. The van der Waals surface area contributed by atoms with Crippen molar-refractivity contribution in [2.24, 2.45) is 17.8 Å². The van der Waals surface area contributed by atoms with Gasteiger partial charge in [-0.3, -0.25) is 9.89 Å². The molecular weight excluding hydrogens is 373 g/mol. The molecule has 0 bridgehead atoms. The number of nitrogens with zero attached hydrogens (tertiary/aromatic N) is 2. The van der Waals surface area contributed by atoms with Crippen molar-refractivity contribution in [3.05, 3.63) is 17.5 Å². The number of H-pyrrole nitrogens is 1. The lowest BCUT2D eigenvalue weighted by Crippen LogP contribution is -2.60. The minimum absolute atomic E-state index is 0. The summed E-state index contributed by atoms with van der Waals surface area (Å²) in [4.78, 5) is 14.2. The highest BCUT2D eigenvalue weighted by Crippen LogP contribution is 2.44. The van der Waals surface area contributed by atoms with E-state index in [-0.39, 0.29) is 31.1 Å². The first-order valence-electron chi connectivity index (χ1n) is 9.36. The summed E-state index contributed by atoms with van der Waals surface area (Å²) in [6.45, 7) is 9.50. The molecule has 0 radical (unpaired) electrons. The number of nitrogens with one attached hydrogen (secondary N) is 2. The maximum Gasteiger partial charge on any atom is 0.418 e. The Kier molecular flexibility index (Phi) is 7.69. The van der Waals surface area contributed by atoms with Crippen LogP contribution < -0.4 is 5.32 Å². The summed E-state index contributed by atoms with van der Waals surface area (Å²) < 4.78 is 39.7. The predicted molar refractivity (Wildman–Crippen MR) is 102 cm³/mol. The van der Waals surface area contributed by atoms with Gasteiger partial charge in [0.2, 0.25) is 0 Å². The third-order valence-corrected chi connectivity index (χ3v) is 5.54. The normalized spacial score (nSPS) is 29.1. The van der Waals surface area contributed by atoms with Crippen LogP contribution in [0.1, 0.15) is 51.3 Å². The van der Waals surface area contributed by atoms with Crippen molar-refractivity contribution in [2.45, 2.75) is 59.9 Å². The number of likely N-dealkylation sites (tertiary alicyclic amines) is 1. The highest BCUT2D eigenvalue weighted by atomic mass is 19.4. The number of fused-ring (bicyclic) bond motifs is 1. The maximum absolute atomic E-state index is 13.2. The topological polar surface area (TPSA) is 81.2 Å². The van der Waals surface area contributed by atoms with E-state index in [4.69, 9.17) is 0 Å². The number of halogens is 3. The van der Waals surface area contributed by atoms with Gasteiger partial charge in [0.15, 0.2) is 5.60 Å². The average Bonchev–Trinajstić information content (AvgIpc) is 3.21. The molecule has 2 aliphatic rings. The van der Waals surface area contributed by atoms with Gasteiger partial charge in [0.05, 0.1) is 0 Å². The summed E-state index contributed by atoms with van der Waals surface area (Å²) in [5, 5.41) is 19.6. The Labute approximate surface area is 164 Å². The van der Waals surface area contributed by atoms with Gasteiger partial charge in [0.1, 0.15) is 5.69 Å². The molecule has 0 saturated carbocycles. The van der Waals surface area contributed by atoms with Gasteiger partial charge in [-0.2, -0.15) is 18.3 Å². The first-order valence-corrected chi connectivity index (χ1v) is 9.36. The summed E-state index contributed by atoms with van der Waals surface area (Å²) in [5.41, 5.74) is -1.71. The summed E-state index contributed by atoms with van der Waals surface area (Å²) in [5.74, 6) is -0.870. The van der Waals surface area contributed by atoms with E-state index in [1.54, 1.807) is 17.9 Å². The minimum Gasteiger partial charge on any atom is -0.379 e. The fourth-order valence-corrected chi connectivity index (χ4v) is 4.23. The van der Waals surface area contributed by atoms with E-state index in [0.29, 0.717) is 25.3 Å². The number of aryl methyl sites for hydroxylation is 1. The van der Waals surface area contributed by atoms with Crippen molar-refractivity contribution in [3.63, 3.8) is 0 Å². The number of hydrogen-bond donors (Lipinski definition) is 3. The standard InChI is InChI=1S/C16H23F3N4O2.C2H6.CH4/c1-8-6-23(14(24)11-4-9(2)21-22-11)7-10-5-20-13(12(8)10)15(3,25)16(17,18)19;1-2;/h4,8,10,12-13,20,25H,5-7H2,1-3H3,(H,21,22);1-2H3;1H4/t8-,10?,12+,13-,15+;;/m0../s1. The van der Waals surface area contributed by atoms with Crippen molar-refractivity contribution < 1.29 is 23.1 Å². The largest absolute Gasteiger partial charge is 0.418 e. The van der Waals surface area contributed by atoms with Gasteiger partial charge in [-0.15, -0.1) is 0 Å². The number of carbonyl (C=O) groups is 1. The number of aromatic nitrogens is 2. The number of piperidine rings is 1. The molecule has 0 aromatic carbocycles. The van der Waals surface area contributed by atoms with Gasteiger partial charge in [-0.1, -0.05) is 28.2 Å². The van der Waals surface area contributed by atoms with Gasteiger partial charge >= 0.3 is 6.18 Å². The Bertz CT molecular complexity index is 660. The van der Waals surface area contributed by atoms with Crippen LogP contribution in [0.15, 0.2) is 6.07 Å². The molecule has 1 unspecified atom stereocenters. The summed E-state index contributed by atoms with van der Waals surface area (Å²) in [6.07, 6.45) is -4.71. The van der Waals surface area contributed by atoms with E-state index >= 15 is 0 Å². The average molecular weight is 406 g/mol. The van der Waals surface area contributed by atoms with Crippen LogP contribution in [0.25, 0.3) is 0 Å². The van der Waals surface area contributed by atoms with Crippen molar-refractivity contribution in [2.75, 3.05) is 19.6 Å². The Hall–Kier alpha value is -1.61. The first-order chi connectivity index (χ1) is 12.5. The fourth-order valence-electron chi connectivity index (χ4n) is 4.23. The maximum atomic E-state index is 13.2. The molecule has 2 saturated heterocycles. The van der Waals surface area contributed by atoms with E-state index in [2.05, 4.69) is 15.5 Å². The van der Waals surface area contributed by atoms with Gasteiger partial charge in [-0.25, -0.2) is 0 Å². The smallest absolute Gasteiger partial charge is 0.379 e. The van der Waals surface area contributed by atoms with Gasteiger partial charge in [0.25, 0.3) is 5.91 Å². The van der Waals surface area contributed by atoms with Crippen LogP contribution >= 0.6 is 0 Å². The van der Waals surface area contributed by atoms with Crippen LogP contribution in [-0.2, 0) is 0 Å². The highest BCUT2D eigenvalue weighted by Gasteiger charge is 2.61. The highest BCUT2D eigenvalue weighted by molar-refractivity contribution is 5.92. The van der Waals surface area contributed by atoms with Crippen LogP contribution in [-0.4, -0.2) is 63.6 Å². The van der Waals surface area contributed by atoms with E-state index in [1.807, 2.05) is 20.8 Å². The number of hydrogen-bond acceptors (Lipinski definition) is 4. The molecule has 2 aliphatic heterocycles. The molecule has 0 aliphatic carbocycles. The Morgan fingerprint density at radius 3 is 2.43 bits per heavy atom. The lowest BCUT2D eigenvalue weighted by atomic mass is 9.72. The van der Waals surface area contributed by atoms with E-state index in [1.165, 1.54) is 0 Å². The zero-order valence-corrected chi connectivity index (χ0v) is 16.4. The lowest BCUT2D eigenvalue weighted by molar-refractivity contribution is -0.267. The van der Waals surface area contributed by atoms with E-state index < -0.39 is 17.8 Å². The molecule has 2 fully saturated rings. The van der Waals surface area contributed by atoms with E-state index in [9.17, 15) is 23.1 Å². The number of carbonyl (C=O) groups excluding carboxylic acids is 1. The molecule has 5 atom stereocenters. The first kappa shape index (κ1) is 24.4. The van der Waals surface area contributed by atoms with Crippen molar-refractivity contribution in [1.82, 2.24) is 20.4 Å². The molecule has 3 rings (SSSR count). The molecule has 9 heteroatoms. The van der Waals surface area contributed by atoms with Crippen LogP contribution in [0.3, 0.4) is 0 Å². The second-order valence-electron chi connectivity index (χ2n) is 7.49. The van der Waals surface area contributed by atoms with Gasteiger partial charge in [-0.05, 0) is 37.7 Å². The summed E-state index contributed by atoms with van der Waals surface area (Å²) in [6, 6.07) is 0.584. The predicted octanol–water partition coefficient (Wildman–Crippen LogP) is 2.99.